The number of anilines is 2. The molecular weight excluding hydrogens is 360 g/mol. The van der Waals surface area contributed by atoms with Crippen LogP contribution < -0.4 is 24.4 Å². The van der Waals surface area contributed by atoms with Gasteiger partial charge in [-0.15, -0.1) is 0 Å². The van der Waals surface area contributed by atoms with Gasteiger partial charge in [-0.1, -0.05) is 12.1 Å². The maximum absolute atomic E-state index is 12.4. The summed E-state index contributed by atoms with van der Waals surface area (Å²) < 4.78 is 16.1. The molecule has 7 heteroatoms. The number of ether oxygens (including phenoxy) is 3. The van der Waals surface area contributed by atoms with E-state index in [1.54, 1.807) is 37.4 Å². The lowest BCUT2D eigenvalue weighted by atomic mass is 10.2. The first-order valence-electron chi connectivity index (χ1n) is 9.02. The third-order valence-electron chi connectivity index (χ3n) is 4.08. The molecule has 7 nitrogen and oxygen atoms in total. The Morgan fingerprint density at radius 3 is 2.43 bits per heavy atom. The Hall–Kier alpha value is -3.22. The fourth-order valence-electron chi connectivity index (χ4n) is 2.73. The predicted molar refractivity (Wildman–Crippen MR) is 108 cm³/mol. The van der Waals surface area contributed by atoms with E-state index < -0.39 is 0 Å². The summed E-state index contributed by atoms with van der Waals surface area (Å²) in [6.07, 6.45) is 0.120. The largest absolute Gasteiger partial charge is 0.497 e. The normalized spacial score (nSPS) is 10.1. The number of para-hydroxylation sites is 2. The molecule has 0 aromatic heterocycles. The number of nitrogens with one attached hydrogen (secondary N) is 1. The van der Waals surface area contributed by atoms with Crippen molar-refractivity contribution in [2.45, 2.75) is 20.3 Å². The lowest BCUT2D eigenvalue weighted by Crippen LogP contribution is -2.32. The third-order valence-corrected chi connectivity index (χ3v) is 4.08. The van der Waals surface area contributed by atoms with Crippen LogP contribution in [-0.2, 0) is 9.59 Å². The number of methoxy groups -OCH3 is 2. The molecular formula is C21H26N2O5. The molecule has 0 aliphatic carbocycles. The quantitative estimate of drug-likeness (QED) is 0.714. The van der Waals surface area contributed by atoms with Gasteiger partial charge < -0.3 is 24.4 Å². The van der Waals surface area contributed by atoms with Crippen molar-refractivity contribution in [2.24, 2.45) is 0 Å². The molecule has 0 radical (unpaired) electrons. The minimum absolute atomic E-state index is 0.120. The highest BCUT2D eigenvalue weighted by Gasteiger charge is 2.18. The molecule has 0 unspecified atom stereocenters. The van der Waals surface area contributed by atoms with E-state index in [1.807, 2.05) is 19.1 Å². The second kappa shape index (κ2) is 10.2. The topological polar surface area (TPSA) is 77.1 Å². The van der Waals surface area contributed by atoms with Gasteiger partial charge >= 0.3 is 0 Å². The molecule has 1 N–H and O–H groups in total. The van der Waals surface area contributed by atoms with E-state index in [4.69, 9.17) is 14.2 Å². The van der Waals surface area contributed by atoms with E-state index in [0.29, 0.717) is 35.2 Å². The molecule has 28 heavy (non-hydrogen) atoms. The number of carbonyl (C=O) groups is 2. The van der Waals surface area contributed by atoms with Gasteiger partial charge in [0.1, 0.15) is 17.2 Å². The summed E-state index contributed by atoms with van der Waals surface area (Å²) in [4.78, 5) is 26.1. The van der Waals surface area contributed by atoms with Crippen molar-refractivity contribution in [3.8, 4) is 17.2 Å². The van der Waals surface area contributed by atoms with Crippen molar-refractivity contribution in [1.29, 1.82) is 0 Å². The van der Waals surface area contributed by atoms with Crippen LogP contribution >= 0.6 is 0 Å². The second-order valence-electron chi connectivity index (χ2n) is 5.94. The van der Waals surface area contributed by atoms with Gasteiger partial charge in [0.25, 0.3) is 0 Å². The van der Waals surface area contributed by atoms with Crippen LogP contribution in [0, 0.1) is 0 Å². The van der Waals surface area contributed by atoms with Crippen molar-refractivity contribution in [1.82, 2.24) is 0 Å². The van der Waals surface area contributed by atoms with Crippen molar-refractivity contribution in [2.75, 3.05) is 37.6 Å². The molecule has 2 aromatic carbocycles. The van der Waals surface area contributed by atoms with E-state index in [0.717, 1.165) is 0 Å². The maximum atomic E-state index is 12.4. The van der Waals surface area contributed by atoms with Crippen molar-refractivity contribution < 1.29 is 23.8 Å². The average molecular weight is 386 g/mol. The minimum atomic E-state index is -0.217. The summed E-state index contributed by atoms with van der Waals surface area (Å²) in [5, 5.41) is 2.83. The van der Waals surface area contributed by atoms with Gasteiger partial charge in [0, 0.05) is 26.0 Å². The zero-order valence-corrected chi connectivity index (χ0v) is 16.7. The van der Waals surface area contributed by atoms with Gasteiger partial charge in [-0.25, -0.2) is 0 Å². The molecule has 0 heterocycles. The highest BCUT2D eigenvalue weighted by molar-refractivity contribution is 5.96. The van der Waals surface area contributed by atoms with Crippen molar-refractivity contribution in [3.63, 3.8) is 0 Å². The molecule has 0 aliphatic rings. The van der Waals surface area contributed by atoms with Gasteiger partial charge in [0.2, 0.25) is 11.8 Å². The van der Waals surface area contributed by atoms with Gasteiger partial charge in [0.15, 0.2) is 0 Å². The number of benzene rings is 2. The Bertz CT molecular complexity index is 822. The maximum Gasteiger partial charge on any atom is 0.226 e. The number of nitrogens with zero attached hydrogens (tertiary/aromatic N) is 1. The molecule has 2 aromatic rings. The molecule has 0 aliphatic heterocycles. The smallest absolute Gasteiger partial charge is 0.226 e. The first-order chi connectivity index (χ1) is 13.5. The highest BCUT2D eigenvalue weighted by atomic mass is 16.5. The fraction of sp³-hybridized carbons (Fsp3) is 0.333. The van der Waals surface area contributed by atoms with Gasteiger partial charge in [0.05, 0.1) is 32.2 Å². The lowest BCUT2D eigenvalue weighted by molar-refractivity contribution is -0.117. The third kappa shape index (κ3) is 5.39. The van der Waals surface area contributed by atoms with Crippen molar-refractivity contribution >= 4 is 23.2 Å². The Kier molecular flexibility index (Phi) is 7.68. The van der Waals surface area contributed by atoms with E-state index in [9.17, 15) is 9.59 Å². The molecule has 0 saturated carbocycles. The number of rotatable bonds is 9. The summed E-state index contributed by atoms with van der Waals surface area (Å²) in [5.41, 5.74) is 1.18. The second-order valence-corrected chi connectivity index (χ2v) is 5.94. The van der Waals surface area contributed by atoms with Crippen LogP contribution in [0.5, 0.6) is 17.2 Å². The summed E-state index contributed by atoms with van der Waals surface area (Å²) in [6, 6.07) is 12.4. The highest BCUT2D eigenvalue weighted by Crippen LogP contribution is 2.32. The summed E-state index contributed by atoms with van der Waals surface area (Å²) >= 11 is 0. The molecule has 0 saturated heterocycles. The van der Waals surface area contributed by atoms with Crippen LogP contribution in [0.4, 0.5) is 11.4 Å². The Labute approximate surface area is 165 Å². The fourth-order valence-corrected chi connectivity index (χ4v) is 2.73. The van der Waals surface area contributed by atoms with Crippen LogP contribution in [0.15, 0.2) is 42.5 Å². The summed E-state index contributed by atoms with van der Waals surface area (Å²) in [6.45, 7) is 4.04. The van der Waals surface area contributed by atoms with Gasteiger partial charge in [-0.3, -0.25) is 9.59 Å². The number of amides is 2. The number of hydrogen-bond donors (Lipinski definition) is 1. The lowest BCUT2D eigenvalue weighted by Gasteiger charge is -2.23. The molecule has 2 rings (SSSR count). The minimum Gasteiger partial charge on any atom is -0.497 e. The van der Waals surface area contributed by atoms with E-state index >= 15 is 0 Å². The first-order valence-corrected chi connectivity index (χ1v) is 9.02. The van der Waals surface area contributed by atoms with E-state index in [1.165, 1.54) is 18.9 Å². The zero-order chi connectivity index (χ0) is 20.5. The van der Waals surface area contributed by atoms with Crippen LogP contribution in [0.2, 0.25) is 0 Å². The molecule has 0 spiro atoms. The van der Waals surface area contributed by atoms with E-state index in [2.05, 4.69) is 5.32 Å². The Morgan fingerprint density at radius 2 is 1.79 bits per heavy atom. The molecule has 0 bridgehead atoms. The number of carbonyl (C=O) groups excluding carboxylic acids is 2. The monoisotopic (exact) mass is 386 g/mol. The molecule has 0 fully saturated rings. The standard InChI is InChI=1S/C21H26N2O5/c1-5-28-19-9-7-6-8-17(19)22-21(25)12-13-23(15(2)24)18-11-10-16(26-3)14-20(18)27-4/h6-11,14H,5,12-13H2,1-4H3,(H,22,25). The van der Waals surface area contributed by atoms with Gasteiger partial charge in [-0.05, 0) is 31.2 Å². The first kappa shape index (κ1) is 21.1. The van der Waals surface area contributed by atoms with Crippen molar-refractivity contribution in [3.05, 3.63) is 42.5 Å². The SMILES string of the molecule is CCOc1ccccc1NC(=O)CCN(C(C)=O)c1ccc(OC)cc1OC. The Balaban J connectivity index is 2.10. The zero-order valence-electron chi connectivity index (χ0n) is 16.7. The van der Waals surface area contributed by atoms with Crippen LogP contribution in [0.25, 0.3) is 0 Å². The summed E-state index contributed by atoms with van der Waals surface area (Å²) in [7, 11) is 3.08. The van der Waals surface area contributed by atoms with E-state index in [-0.39, 0.29) is 24.8 Å². The van der Waals surface area contributed by atoms with Gasteiger partial charge in [-0.2, -0.15) is 0 Å². The summed E-state index contributed by atoms with van der Waals surface area (Å²) in [5.74, 6) is 1.32. The molecule has 2 amide bonds. The predicted octanol–water partition coefficient (Wildman–Crippen LogP) is 3.48. The number of hydrogen-bond acceptors (Lipinski definition) is 5. The van der Waals surface area contributed by atoms with Crippen LogP contribution in [0.3, 0.4) is 0 Å². The van der Waals surface area contributed by atoms with Crippen LogP contribution in [0.1, 0.15) is 20.3 Å². The Morgan fingerprint density at radius 1 is 1.04 bits per heavy atom. The molecule has 0 atom stereocenters. The average Bonchev–Trinajstić information content (AvgIpc) is 2.69. The van der Waals surface area contributed by atoms with Crippen LogP contribution in [-0.4, -0.2) is 39.2 Å². The molecule has 150 valence electrons.